The monoisotopic (exact) mass is 265 g/mol. The number of hydrogen-bond acceptors (Lipinski definition) is 4. The van der Waals surface area contributed by atoms with Crippen LogP contribution in [0.3, 0.4) is 0 Å². The molecule has 18 heavy (non-hydrogen) atoms. The second kappa shape index (κ2) is 5.17. The highest BCUT2D eigenvalue weighted by atomic mass is 32.1. The molecule has 1 aliphatic heterocycles. The largest absolute Gasteiger partial charge is 0.365 e. The van der Waals surface area contributed by atoms with Gasteiger partial charge >= 0.3 is 0 Å². The standard InChI is InChI=1S/C14H23N3S/c1-3-6-17-7-4-5-10-8-11-13(9-12(10)17)18-14(15-2)16-11/h10,12H,3-9H2,1-2H3,(H,15,16)/t10-,12-/m1/s1. The van der Waals surface area contributed by atoms with Crippen LogP contribution in [0.15, 0.2) is 0 Å². The summed E-state index contributed by atoms with van der Waals surface area (Å²) in [5.41, 5.74) is 1.38. The van der Waals surface area contributed by atoms with Gasteiger partial charge in [0.05, 0.1) is 5.69 Å². The lowest BCUT2D eigenvalue weighted by atomic mass is 9.79. The van der Waals surface area contributed by atoms with Gasteiger partial charge in [-0.15, -0.1) is 11.3 Å². The van der Waals surface area contributed by atoms with Crippen LogP contribution in [0.5, 0.6) is 0 Å². The molecule has 2 aliphatic rings. The number of thiazole rings is 1. The summed E-state index contributed by atoms with van der Waals surface area (Å²) in [5.74, 6) is 0.851. The van der Waals surface area contributed by atoms with Crippen molar-refractivity contribution < 1.29 is 0 Å². The van der Waals surface area contributed by atoms with Crippen LogP contribution in [0.4, 0.5) is 5.13 Å². The Kier molecular flexibility index (Phi) is 3.57. The summed E-state index contributed by atoms with van der Waals surface area (Å²) in [6.45, 7) is 4.87. The number of anilines is 1. The molecule has 1 aromatic heterocycles. The normalized spacial score (nSPS) is 27.7. The van der Waals surface area contributed by atoms with E-state index in [1.165, 1.54) is 55.8 Å². The molecule has 2 atom stereocenters. The van der Waals surface area contributed by atoms with Gasteiger partial charge in [-0.2, -0.15) is 0 Å². The van der Waals surface area contributed by atoms with Crippen LogP contribution < -0.4 is 5.32 Å². The van der Waals surface area contributed by atoms with Crippen LogP contribution in [-0.2, 0) is 12.8 Å². The van der Waals surface area contributed by atoms with Crippen LogP contribution in [0.2, 0.25) is 0 Å². The summed E-state index contributed by atoms with van der Waals surface area (Å²) in [6.07, 6.45) is 6.49. The van der Waals surface area contributed by atoms with E-state index < -0.39 is 0 Å². The van der Waals surface area contributed by atoms with Gasteiger partial charge in [0, 0.05) is 18.0 Å². The van der Waals surface area contributed by atoms with Crippen molar-refractivity contribution in [2.24, 2.45) is 5.92 Å². The smallest absolute Gasteiger partial charge is 0.182 e. The number of aromatic nitrogens is 1. The number of nitrogens with zero attached hydrogens (tertiary/aromatic N) is 2. The predicted molar refractivity (Wildman–Crippen MR) is 77.4 cm³/mol. The molecular formula is C14H23N3S. The Balaban J connectivity index is 1.82. The van der Waals surface area contributed by atoms with Crippen LogP contribution in [-0.4, -0.2) is 36.1 Å². The summed E-state index contributed by atoms with van der Waals surface area (Å²) < 4.78 is 0. The number of rotatable bonds is 3. The van der Waals surface area contributed by atoms with Gasteiger partial charge in [-0.05, 0) is 51.1 Å². The molecule has 3 rings (SSSR count). The van der Waals surface area contributed by atoms with E-state index in [-0.39, 0.29) is 0 Å². The molecule has 0 amide bonds. The van der Waals surface area contributed by atoms with E-state index in [0.29, 0.717) is 0 Å². The van der Waals surface area contributed by atoms with Gasteiger partial charge in [-0.3, -0.25) is 4.90 Å². The first-order valence-electron chi connectivity index (χ1n) is 7.22. The van der Waals surface area contributed by atoms with E-state index in [2.05, 4.69) is 17.1 Å². The molecule has 1 fully saturated rings. The minimum atomic E-state index is 0.788. The molecule has 100 valence electrons. The highest BCUT2D eigenvalue weighted by molar-refractivity contribution is 7.15. The van der Waals surface area contributed by atoms with E-state index in [0.717, 1.165) is 17.1 Å². The first-order valence-corrected chi connectivity index (χ1v) is 8.03. The van der Waals surface area contributed by atoms with Gasteiger partial charge in [0.15, 0.2) is 5.13 Å². The maximum atomic E-state index is 4.72. The number of fused-ring (bicyclic) bond motifs is 2. The van der Waals surface area contributed by atoms with Crippen molar-refractivity contribution in [2.75, 3.05) is 25.5 Å². The van der Waals surface area contributed by atoms with Gasteiger partial charge in [-0.25, -0.2) is 4.98 Å². The van der Waals surface area contributed by atoms with Crippen molar-refractivity contribution in [3.8, 4) is 0 Å². The average Bonchev–Trinajstić information content (AvgIpc) is 2.79. The fourth-order valence-electron chi connectivity index (χ4n) is 3.56. The Labute approximate surface area is 114 Å². The SMILES string of the molecule is CCCN1CCC[C@@H]2Cc3nc(NC)sc3C[C@H]21. The highest BCUT2D eigenvalue weighted by Crippen LogP contribution is 2.38. The van der Waals surface area contributed by atoms with E-state index in [4.69, 9.17) is 4.98 Å². The Morgan fingerprint density at radius 2 is 2.33 bits per heavy atom. The third-order valence-corrected chi connectivity index (χ3v) is 5.52. The van der Waals surface area contributed by atoms with Gasteiger partial charge < -0.3 is 5.32 Å². The lowest BCUT2D eigenvalue weighted by molar-refractivity contribution is 0.0857. The van der Waals surface area contributed by atoms with Gasteiger partial charge in [-0.1, -0.05) is 6.92 Å². The molecule has 1 aromatic rings. The van der Waals surface area contributed by atoms with E-state index in [1.54, 1.807) is 0 Å². The Morgan fingerprint density at radius 3 is 3.11 bits per heavy atom. The number of hydrogen-bond donors (Lipinski definition) is 1. The molecule has 1 saturated heterocycles. The van der Waals surface area contributed by atoms with E-state index in [1.807, 2.05) is 18.4 Å². The average molecular weight is 265 g/mol. The number of piperidine rings is 1. The van der Waals surface area contributed by atoms with Gasteiger partial charge in [0.1, 0.15) is 0 Å². The Bertz CT molecular complexity index is 413. The van der Waals surface area contributed by atoms with Crippen molar-refractivity contribution >= 4 is 16.5 Å². The first kappa shape index (κ1) is 12.4. The lowest BCUT2D eigenvalue weighted by Crippen LogP contribution is -2.49. The molecule has 0 radical (unpaired) electrons. The van der Waals surface area contributed by atoms with Gasteiger partial charge in [0.25, 0.3) is 0 Å². The molecule has 3 nitrogen and oxygen atoms in total. The molecule has 0 aromatic carbocycles. The minimum Gasteiger partial charge on any atom is -0.365 e. The molecule has 2 heterocycles. The topological polar surface area (TPSA) is 28.2 Å². The van der Waals surface area contributed by atoms with Crippen LogP contribution in [0.1, 0.15) is 36.8 Å². The Morgan fingerprint density at radius 1 is 1.44 bits per heavy atom. The van der Waals surface area contributed by atoms with Crippen molar-refractivity contribution in [3.05, 3.63) is 10.6 Å². The third-order valence-electron chi connectivity index (χ3n) is 4.39. The summed E-state index contributed by atoms with van der Waals surface area (Å²) in [5, 5.41) is 4.29. The molecule has 1 aliphatic carbocycles. The zero-order chi connectivity index (χ0) is 12.5. The highest BCUT2D eigenvalue weighted by Gasteiger charge is 2.36. The summed E-state index contributed by atoms with van der Waals surface area (Å²) in [6, 6.07) is 0.788. The van der Waals surface area contributed by atoms with Crippen molar-refractivity contribution in [2.45, 2.75) is 45.1 Å². The van der Waals surface area contributed by atoms with Crippen LogP contribution in [0.25, 0.3) is 0 Å². The first-order chi connectivity index (χ1) is 8.81. The molecule has 0 saturated carbocycles. The molecule has 0 bridgehead atoms. The minimum absolute atomic E-state index is 0.788. The van der Waals surface area contributed by atoms with Crippen LogP contribution >= 0.6 is 11.3 Å². The predicted octanol–water partition coefficient (Wildman–Crippen LogP) is 2.77. The molecule has 1 N–H and O–H groups in total. The van der Waals surface area contributed by atoms with E-state index >= 15 is 0 Å². The summed E-state index contributed by atoms with van der Waals surface area (Å²) in [7, 11) is 1.97. The quantitative estimate of drug-likeness (QED) is 0.911. The summed E-state index contributed by atoms with van der Waals surface area (Å²) in [4.78, 5) is 8.98. The zero-order valence-corrected chi connectivity index (χ0v) is 12.2. The van der Waals surface area contributed by atoms with Crippen molar-refractivity contribution in [1.29, 1.82) is 0 Å². The zero-order valence-electron chi connectivity index (χ0n) is 11.4. The summed E-state index contributed by atoms with van der Waals surface area (Å²) >= 11 is 1.86. The van der Waals surface area contributed by atoms with Crippen LogP contribution in [0, 0.1) is 5.92 Å². The van der Waals surface area contributed by atoms with Gasteiger partial charge in [0.2, 0.25) is 0 Å². The molecule has 4 heteroatoms. The molecule has 0 unspecified atom stereocenters. The number of likely N-dealkylation sites (tertiary alicyclic amines) is 1. The fourth-order valence-corrected chi connectivity index (χ4v) is 4.55. The second-order valence-corrected chi connectivity index (χ2v) is 6.64. The number of nitrogens with one attached hydrogen (secondary N) is 1. The Hall–Kier alpha value is -0.610. The maximum Gasteiger partial charge on any atom is 0.182 e. The fraction of sp³-hybridized carbons (Fsp3) is 0.786. The second-order valence-electron chi connectivity index (χ2n) is 5.55. The molecule has 0 spiro atoms. The lowest BCUT2D eigenvalue weighted by Gasteiger charge is -2.43. The third kappa shape index (κ3) is 2.16. The van der Waals surface area contributed by atoms with Crippen molar-refractivity contribution in [1.82, 2.24) is 9.88 Å². The van der Waals surface area contributed by atoms with E-state index in [9.17, 15) is 0 Å². The van der Waals surface area contributed by atoms with Crippen molar-refractivity contribution in [3.63, 3.8) is 0 Å². The molecular weight excluding hydrogens is 242 g/mol. The maximum absolute atomic E-state index is 4.72.